The molecule has 1 aromatic rings. The molecule has 0 radical (unpaired) electrons. The summed E-state index contributed by atoms with van der Waals surface area (Å²) in [5, 5.41) is 12.2. The molecule has 1 N–H and O–H groups in total. The molecule has 0 fully saturated rings. The van der Waals surface area contributed by atoms with Gasteiger partial charge in [0.1, 0.15) is 0 Å². The third-order valence-electron chi connectivity index (χ3n) is 2.30. The molecular weight excluding hydrogens is 220 g/mol. The normalized spacial score (nSPS) is 19.0. The summed E-state index contributed by atoms with van der Waals surface area (Å²) in [6.45, 7) is 6.06. The lowest BCUT2D eigenvalue weighted by molar-refractivity contribution is 0.436. The third-order valence-corrected chi connectivity index (χ3v) is 3.77. The summed E-state index contributed by atoms with van der Waals surface area (Å²) in [5.41, 5.74) is 1.26. The van der Waals surface area contributed by atoms with Crippen LogP contribution in [-0.2, 0) is 6.54 Å². The summed E-state index contributed by atoms with van der Waals surface area (Å²) in [4.78, 5) is 4.52. The van der Waals surface area contributed by atoms with Gasteiger partial charge in [-0.25, -0.2) is 0 Å². The predicted molar refractivity (Wildman–Crippen MR) is 67.4 cm³/mol. The van der Waals surface area contributed by atoms with Crippen LogP contribution in [0.15, 0.2) is 23.3 Å². The van der Waals surface area contributed by atoms with Gasteiger partial charge in [-0.2, -0.15) is 10.2 Å². The molecule has 1 aromatic heterocycles. The van der Waals surface area contributed by atoms with Crippen LogP contribution in [0, 0.1) is 5.41 Å². The fourth-order valence-corrected chi connectivity index (χ4v) is 2.29. The van der Waals surface area contributed by atoms with Crippen molar-refractivity contribution >= 4 is 16.9 Å². The highest BCUT2D eigenvalue weighted by atomic mass is 32.2. The van der Waals surface area contributed by atoms with Gasteiger partial charge in [0.2, 0.25) is 0 Å². The van der Waals surface area contributed by atoms with Crippen LogP contribution in [0.1, 0.15) is 19.5 Å². The van der Waals surface area contributed by atoms with E-state index in [0.717, 1.165) is 23.2 Å². The molecule has 16 heavy (non-hydrogen) atoms. The van der Waals surface area contributed by atoms with Gasteiger partial charge in [0, 0.05) is 18.5 Å². The summed E-state index contributed by atoms with van der Waals surface area (Å²) >= 11 is 1.78. The first-order chi connectivity index (χ1) is 7.66. The molecule has 0 unspecified atom stereocenters. The Balaban J connectivity index is 1.86. The van der Waals surface area contributed by atoms with E-state index in [0.29, 0.717) is 12.0 Å². The molecule has 86 valence electrons. The van der Waals surface area contributed by atoms with Gasteiger partial charge in [0.25, 0.3) is 0 Å². The van der Waals surface area contributed by atoms with Gasteiger partial charge in [-0.1, -0.05) is 25.6 Å². The number of rotatable bonds is 2. The minimum atomic E-state index is 0.322. The van der Waals surface area contributed by atoms with Crippen molar-refractivity contribution in [2.75, 3.05) is 12.3 Å². The van der Waals surface area contributed by atoms with Crippen molar-refractivity contribution in [3.05, 3.63) is 24.0 Å². The number of aliphatic imine (C=N–C) groups is 1. The quantitative estimate of drug-likeness (QED) is 0.849. The van der Waals surface area contributed by atoms with Gasteiger partial charge in [0.05, 0.1) is 12.2 Å². The largest absolute Gasteiger partial charge is 0.359 e. The molecule has 1 aliphatic rings. The van der Waals surface area contributed by atoms with E-state index < -0.39 is 0 Å². The zero-order valence-electron chi connectivity index (χ0n) is 9.60. The molecule has 2 heterocycles. The van der Waals surface area contributed by atoms with E-state index in [1.54, 1.807) is 18.0 Å². The average Bonchev–Trinajstić information content (AvgIpc) is 2.29. The number of hydrogen-bond donors (Lipinski definition) is 1. The van der Waals surface area contributed by atoms with Crippen LogP contribution in [0.4, 0.5) is 0 Å². The van der Waals surface area contributed by atoms with E-state index in [-0.39, 0.29) is 0 Å². The van der Waals surface area contributed by atoms with E-state index in [9.17, 15) is 0 Å². The van der Waals surface area contributed by atoms with Crippen LogP contribution in [0.2, 0.25) is 0 Å². The lowest BCUT2D eigenvalue weighted by atomic mass is 9.97. The van der Waals surface area contributed by atoms with Crippen molar-refractivity contribution in [3.63, 3.8) is 0 Å². The first-order valence-corrected chi connectivity index (χ1v) is 6.32. The Kier molecular flexibility index (Phi) is 3.43. The maximum Gasteiger partial charge on any atom is 0.156 e. The van der Waals surface area contributed by atoms with Crippen LogP contribution in [0.3, 0.4) is 0 Å². The molecule has 0 aromatic carbocycles. The Labute approximate surface area is 100.0 Å². The van der Waals surface area contributed by atoms with Gasteiger partial charge < -0.3 is 5.32 Å². The highest BCUT2D eigenvalue weighted by Gasteiger charge is 2.23. The maximum atomic E-state index is 4.52. The van der Waals surface area contributed by atoms with E-state index in [2.05, 4.69) is 34.4 Å². The summed E-state index contributed by atoms with van der Waals surface area (Å²) in [5.74, 6) is 1.11. The van der Waals surface area contributed by atoms with Crippen molar-refractivity contribution in [1.29, 1.82) is 0 Å². The Morgan fingerprint density at radius 3 is 3.00 bits per heavy atom. The first kappa shape index (κ1) is 11.4. The predicted octanol–water partition coefficient (Wildman–Crippen LogP) is 1.70. The second-order valence-electron chi connectivity index (χ2n) is 4.64. The molecule has 4 nitrogen and oxygen atoms in total. The average molecular weight is 236 g/mol. The standard InChI is InChI=1S/C11H16N4S/c1-11(2)7-13-10(16-8-11)12-6-9-4-3-5-14-15-9/h3-5H,6-8H2,1-2H3,(H,12,13). The summed E-state index contributed by atoms with van der Waals surface area (Å²) in [7, 11) is 0. The second-order valence-corrected chi connectivity index (χ2v) is 5.61. The van der Waals surface area contributed by atoms with Gasteiger partial charge >= 0.3 is 0 Å². The monoisotopic (exact) mass is 236 g/mol. The smallest absolute Gasteiger partial charge is 0.156 e. The minimum absolute atomic E-state index is 0.322. The minimum Gasteiger partial charge on any atom is -0.359 e. The first-order valence-electron chi connectivity index (χ1n) is 5.33. The molecule has 0 atom stereocenters. The highest BCUT2D eigenvalue weighted by molar-refractivity contribution is 8.13. The molecule has 0 spiro atoms. The van der Waals surface area contributed by atoms with Gasteiger partial charge in [-0.05, 0) is 17.5 Å². The molecule has 5 heteroatoms. The highest BCUT2D eigenvalue weighted by Crippen LogP contribution is 2.26. The zero-order valence-corrected chi connectivity index (χ0v) is 10.4. The van der Waals surface area contributed by atoms with Crippen LogP contribution < -0.4 is 5.32 Å². The summed E-state index contributed by atoms with van der Waals surface area (Å²) in [6, 6.07) is 3.85. The molecule has 0 saturated heterocycles. The van der Waals surface area contributed by atoms with Crippen LogP contribution in [-0.4, -0.2) is 27.7 Å². The van der Waals surface area contributed by atoms with Crippen LogP contribution in [0.5, 0.6) is 0 Å². The summed E-state index contributed by atoms with van der Waals surface area (Å²) in [6.07, 6.45) is 1.68. The van der Waals surface area contributed by atoms with Crippen LogP contribution >= 0.6 is 11.8 Å². The molecule has 0 saturated carbocycles. The van der Waals surface area contributed by atoms with Gasteiger partial charge in [-0.15, -0.1) is 0 Å². The van der Waals surface area contributed by atoms with E-state index in [1.807, 2.05) is 12.1 Å². The lowest BCUT2D eigenvalue weighted by Gasteiger charge is -2.27. The van der Waals surface area contributed by atoms with E-state index in [4.69, 9.17) is 0 Å². The van der Waals surface area contributed by atoms with Gasteiger partial charge in [-0.3, -0.25) is 4.99 Å². The molecule has 0 aliphatic carbocycles. The molecule has 2 rings (SSSR count). The Morgan fingerprint density at radius 1 is 1.50 bits per heavy atom. The summed E-state index contributed by atoms with van der Waals surface area (Å²) < 4.78 is 0. The number of aromatic nitrogens is 2. The van der Waals surface area contributed by atoms with Crippen molar-refractivity contribution in [2.24, 2.45) is 10.4 Å². The number of nitrogens with one attached hydrogen (secondary N) is 1. The fourth-order valence-electron chi connectivity index (χ4n) is 1.34. The van der Waals surface area contributed by atoms with E-state index >= 15 is 0 Å². The maximum absolute atomic E-state index is 4.52. The zero-order chi connectivity index (χ0) is 11.4. The number of hydrogen-bond acceptors (Lipinski definition) is 5. The SMILES string of the molecule is CC1(C)CN=C(NCc2cccnn2)SC1. The molecule has 0 amide bonds. The van der Waals surface area contributed by atoms with Crippen molar-refractivity contribution in [2.45, 2.75) is 20.4 Å². The second kappa shape index (κ2) is 4.82. The number of nitrogens with zero attached hydrogens (tertiary/aromatic N) is 3. The number of thioether (sulfide) groups is 1. The van der Waals surface area contributed by atoms with Crippen molar-refractivity contribution in [3.8, 4) is 0 Å². The third kappa shape index (κ3) is 3.20. The molecule has 1 aliphatic heterocycles. The van der Waals surface area contributed by atoms with E-state index in [1.165, 1.54) is 0 Å². The molecular formula is C11H16N4S. The fraction of sp³-hybridized carbons (Fsp3) is 0.545. The Bertz CT molecular complexity index is 375. The van der Waals surface area contributed by atoms with Crippen molar-refractivity contribution in [1.82, 2.24) is 15.5 Å². The lowest BCUT2D eigenvalue weighted by Crippen LogP contribution is -2.31. The Hall–Kier alpha value is -1.10. The topological polar surface area (TPSA) is 50.2 Å². The van der Waals surface area contributed by atoms with Gasteiger partial charge in [0.15, 0.2) is 5.17 Å². The Morgan fingerprint density at radius 2 is 2.38 bits per heavy atom. The number of amidine groups is 1. The molecule has 0 bridgehead atoms. The van der Waals surface area contributed by atoms with Crippen molar-refractivity contribution < 1.29 is 0 Å². The van der Waals surface area contributed by atoms with Crippen LogP contribution in [0.25, 0.3) is 0 Å².